The molecule has 10 heteroatoms. The van der Waals surface area contributed by atoms with Crippen LogP contribution in [-0.2, 0) is 11.2 Å². The first kappa shape index (κ1) is 25.0. The Morgan fingerprint density at radius 1 is 1.37 bits per heavy atom. The number of imidazole rings is 1. The van der Waals surface area contributed by atoms with Crippen molar-refractivity contribution in [1.82, 2.24) is 14.5 Å². The van der Waals surface area contributed by atoms with E-state index in [1.54, 1.807) is 36.8 Å². The molecular weight excluding hydrogens is 475 g/mol. The molecule has 2 N–H and O–H groups in total. The van der Waals surface area contributed by atoms with Gasteiger partial charge in [-0.15, -0.1) is 11.3 Å². The molecular formula is C25H28F3N5OS. The molecule has 186 valence electrons. The molecule has 4 rings (SSSR count). The Labute approximate surface area is 206 Å². The standard InChI is InChI=1S/C25H28F3N5OS/c1-5-14(2)24(34)33-7-6-20-21(12-35-22(20)16(33)4)23(29)31-18-8-17(25(26,27)28)9-19(10-18)32-11-15(3)30-13-32/h5,8,10-13,16-17H,6-7,9H2,1-4H3,(H2,29,31)/b14-5+. The number of nitrogens with zero attached hydrogens (tertiary/aromatic N) is 4. The van der Waals surface area contributed by atoms with Crippen LogP contribution in [0.5, 0.6) is 0 Å². The molecule has 1 aliphatic heterocycles. The van der Waals surface area contributed by atoms with E-state index in [0.717, 1.165) is 22.1 Å². The van der Waals surface area contributed by atoms with Gasteiger partial charge in [-0.3, -0.25) is 4.79 Å². The van der Waals surface area contributed by atoms with E-state index in [9.17, 15) is 18.0 Å². The molecule has 0 spiro atoms. The van der Waals surface area contributed by atoms with E-state index in [2.05, 4.69) is 9.98 Å². The smallest absolute Gasteiger partial charge is 0.383 e. The molecule has 2 atom stereocenters. The Morgan fingerprint density at radius 2 is 2.11 bits per heavy atom. The summed E-state index contributed by atoms with van der Waals surface area (Å²) < 4.78 is 42.6. The van der Waals surface area contributed by atoms with E-state index in [4.69, 9.17) is 5.73 Å². The number of carbonyl (C=O) groups excluding carboxylic acids is 1. The average molecular weight is 504 g/mol. The fourth-order valence-corrected chi connectivity index (χ4v) is 5.61. The number of thiophene rings is 1. The molecule has 2 aliphatic rings. The Bertz CT molecular complexity index is 1260. The monoisotopic (exact) mass is 503 g/mol. The van der Waals surface area contributed by atoms with Gasteiger partial charge in [0.1, 0.15) is 5.84 Å². The van der Waals surface area contributed by atoms with Crippen LogP contribution in [-0.4, -0.2) is 38.9 Å². The minimum atomic E-state index is -4.40. The van der Waals surface area contributed by atoms with E-state index < -0.39 is 12.1 Å². The number of carbonyl (C=O) groups is 1. The van der Waals surface area contributed by atoms with Crippen molar-refractivity contribution in [1.29, 1.82) is 0 Å². The van der Waals surface area contributed by atoms with Crippen LogP contribution >= 0.6 is 11.3 Å². The number of alkyl halides is 3. The predicted molar refractivity (Wildman–Crippen MR) is 132 cm³/mol. The highest BCUT2D eigenvalue weighted by atomic mass is 32.1. The lowest BCUT2D eigenvalue weighted by atomic mass is 9.95. The highest BCUT2D eigenvalue weighted by Gasteiger charge is 2.40. The van der Waals surface area contributed by atoms with Gasteiger partial charge in [-0.05, 0) is 51.8 Å². The van der Waals surface area contributed by atoms with E-state index >= 15 is 0 Å². The van der Waals surface area contributed by atoms with Crippen LogP contribution in [0.2, 0.25) is 0 Å². The topological polar surface area (TPSA) is 76.5 Å². The molecule has 35 heavy (non-hydrogen) atoms. The molecule has 0 aromatic carbocycles. The summed E-state index contributed by atoms with van der Waals surface area (Å²) in [4.78, 5) is 24.1. The van der Waals surface area contributed by atoms with Crippen molar-refractivity contribution in [3.05, 3.63) is 69.1 Å². The van der Waals surface area contributed by atoms with E-state index in [1.165, 1.54) is 17.7 Å². The quantitative estimate of drug-likeness (QED) is 0.346. The van der Waals surface area contributed by atoms with Gasteiger partial charge in [-0.1, -0.05) is 6.08 Å². The second-order valence-electron chi connectivity index (χ2n) is 8.89. The normalized spacial score (nSPS) is 21.5. The summed E-state index contributed by atoms with van der Waals surface area (Å²) >= 11 is 1.49. The second-order valence-corrected chi connectivity index (χ2v) is 9.80. The summed E-state index contributed by atoms with van der Waals surface area (Å²) in [6.07, 6.45) is 3.75. The Balaban J connectivity index is 1.66. The number of allylic oxidation sites excluding steroid dienone is 4. The summed E-state index contributed by atoms with van der Waals surface area (Å²) in [6, 6.07) is -0.118. The minimum absolute atomic E-state index is 0.000183. The zero-order valence-corrected chi connectivity index (χ0v) is 20.9. The van der Waals surface area contributed by atoms with Gasteiger partial charge in [-0.2, -0.15) is 13.2 Å². The molecule has 0 saturated carbocycles. The first-order chi connectivity index (χ1) is 16.5. The lowest BCUT2D eigenvalue weighted by Crippen LogP contribution is -2.39. The van der Waals surface area contributed by atoms with Crippen LogP contribution in [0.4, 0.5) is 13.2 Å². The number of aliphatic imine (C=N–C) groups is 1. The van der Waals surface area contributed by atoms with Gasteiger partial charge >= 0.3 is 6.18 Å². The van der Waals surface area contributed by atoms with Gasteiger partial charge in [0.2, 0.25) is 5.91 Å². The molecule has 1 amide bonds. The first-order valence-electron chi connectivity index (χ1n) is 11.4. The van der Waals surface area contributed by atoms with Gasteiger partial charge in [-0.25, -0.2) is 9.98 Å². The zero-order chi connectivity index (χ0) is 25.5. The number of rotatable bonds is 4. The molecule has 0 fully saturated rings. The van der Waals surface area contributed by atoms with E-state index in [-0.39, 0.29) is 29.9 Å². The highest BCUT2D eigenvalue weighted by molar-refractivity contribution is 7.10. The maximum Gasteiger partial charge on any atom is 0.395 e. The molecule has 2 aromatic rings. The zero-order valence-electron chi connectivity index (χ0n) is 20.1. The first-order valence-corrected chi connectivity index (χ1v) is 12.3. The van der Waals surface area contributed by atoms with Crippen molar-refractivity contribution < 1.29 is 18.0 Å². The van der Waals surface area contributed by atoms with Crippen molar-refractivity contribution in [2.45, 2.75) is 52.8 Å². The van der Waals surface area contributed by atoms with Gasteiger partial charge < -0.3 is 15.2 Å². The van der Waals surface area contributed by atoms with Gasteiger partial charge in [0.05, 0.1) is 29.7 Å². The van der Waals surface area contributed by atoms with Gasteiger partial charge in [0.25, 0.3) is 0 Å². The lowest BCUT2D eigenvalue weighted by molar-refractivity contribution is -0.160. The van der Waals surface area contributed by atoms with Crippen molar-refractivity contribution in [3.8, 4) is 0 Å². The third kappa shape index (κ3) is 4.98. The third-order valence-corrected chi connectivity index (χ3v) is 7.71. The van der Waals surface area contributed by atoms with E-state index in [0.29, 0.717) is 29.9 Å². The fourth-order valence-electron chi connectivity index (χ4n) is 4.42. The predicted octanol–water partition coefficient (Wildman–Crippen LogP) is 5.38. The molecule has 0 bridgehead atoms. The summed E-state index contributed by atoms with van der Waals surface area (Å²) in [6.45, 7) is 7.94. The van der Waals surface area contributed by atoms with Crippen LogP contribution in [0.25, 0.3) is 5.70 Å². The highest BCUT2D eigenvalue weighted by Crippen LogP contribution is 2.39. The van der Waals surface area contributed by atoms with Crippen molar-refractivity contribution in [3.63, 3.8) is 0 Å². The van der Waals surface area contributed by atoms with Crippen molar-refractivity contribution in [2.75, 3.05) is 6.54 Å². The second kappa shape index (κ2) is 9.49. The number of amidine groups is 1. The molecule has 6 nitrogen and oxygen atoms in total. The summed E-state index contributed by atoms with van der Waals surface area (Å²) in [5.74, 6) is -1.49. The number of hydrogen-bond acceptors (Lipinski definition) is 4. The number of hydrogen-bond donors (Lipinski definition) is 1. The average Bonchev–Trinajstić information content (AvgIpc) is 3.44. The number of aromatic nitrogens is 2. The molecule has 2 unspecified atom stereocenters. The Morgan fingerprint density at radius 3 is 2.74 bits per heavy atom. The maximum absolute atomic E-state index is 13.7. The van der Waals surface area contributed by atoms with Gasteiger partial charge in [0, 0.05) is 46.3 Å². The lowest BCUT2D eigenvalue weighted by Gasteiger charge is -2.34. The maximum atomic E-state index is 13.7. The van der Waals surface area contributed by atoms with Crippen LogP contribution in [0.15, 0.2) is 52.4 Å². The molecule has 1 aliphatic carbocycles. The Hall–Kier alpha value is -3.14. The fraction of sp³-hybridized carbons (Fsp3) is 0.400. The summed E-state index contributed by atoms with van der Waals surface area (Å²) in [5.41, 5.74) is 10.1. The summed E-state index contributed by atoms with van der Waals surface area (Å²) in [5, 5.41) is 1.88. The van der Waals surface area contributed by atoms with Gasteiger partial charge in [0.15, 0.2) is 0 Å². The molecule has 2 aromatic heterocycles. The van der Waals surface area contributed by atoms with Crippen LogP contribution < -0.4 is 5.73 Å². The number of halogens is 3. The van der Waals surface area contributed by atoms with Crippen LogP contribution in [0.3, 0.4) is 0 Å². The number of fused-ring (bicyclic) bond motifs is 1. The van der Waals surface area contributed by atoms with Crippen LogP contribution in [0.1, 0.15) is 54.9 Å². The molecule has 0 saturated heterocycles. The van der Waals surface area contributed by atoms with Crippen molar-refractivity contribution in [2.24, 2.45) is 16.6 Å². The summed E-state index contributed by atoms with van der Waals surface area (Å²) in [7, 11) is 0. The minimum Gasteiger partial charge on any atom is -0.383 e. The third-order valence-electron chi connectivity index (χ3n) is 6.51. The Kier molecular flexibility index (Phi) is 6.77. The van der Waals surface area contributed by atoms with Crippen LogP contribution in [0, 0.1) is 12.8 Å². The molecule has 3 heterocycles. The van der Waals surface area contributed by atoms with Crippen molar-refractivity contribution >= 4 is 28.8 Å². The molecule has 0 radical (unpaired) electrons. The van der Waals surface area contributed by atoms with E-state index in [1.807, 2.05) is 24.1 Å². The number of nitrogens with two attached hydrogens (primary N) is 1. The number of amides is 1. The largest absolute Gasteiger partial charge is 0.395 e. The number of aryl methyl sites for hydroxylation is 1. The SMILES string of the molecule is C/C=C(\C)C(=O)N1CCc2c(C(N)=NC3=CC(C(F)(F)F)CC(n4cnc(C)c4)=C3)csc2C1C.